The number of hydrogen-bond donors (Lipinski definition) is 0. The maximum Gasteiger partial charge on any atom is 0.387 e. The van der Waals surface area contributed by atoms with Crippen LogP contribution in [0.25, 0.3) is 0 Å². The van der Waals surface area contributed by atoms with Crippen molar-refractivity contribution in [3.05, 3.63) is 12.0 Å². The van der Waals surface area contributed by atoms with Crippen molar-refractivity contribution < 1.29 is 44.6 Å². The first kappa shape index (κ1) is 12.8. The van der Waals surface area contributed by atoms with Crippen molar-refractivity contribution in [2.75, 3.05) is 0 Å². The lowest BCUT2D eigenvalue weighted by atomic mass is 10.1. The van der Waals surface area contributed by atoms with Crippen LogP contribution in [0.15, 0.2) is 12.0 Å². The molecule has 0 saturated carbocycles. The zero-order chi connectivity index (χ0) is 12.7. The summed E-state index contributed by atoms with van der Waals surface area (Å²) in [7, 11) is 0. The fraction of sp³-hybridized carbons (Fsp3) is 0.667. The van der Waals surface area contributed by atoms with Gasteiger partial charge in [-0.2, -0.15) is 17.6 Å². The highest BCUT2D eigenvalue weighted by Gasteiger charge is 2.76. The molecule has 1 aliphatic heterocycles. The van der Waals surface area contributed by atoms with Gasteiger partial charge in [0.1, 0.15) is 0 Å². The predicted octanol–water partition coefficient (Wildman–Crippen LogP) is 2.96. The largest absolute Gasteiger partial charge is 0.412 e. The normalized spacial score (nSPS) is 34.2. The molecule has 2 atom stereocenters. The topological polar surface area (TPSA) is 18.5 Å². The van der Waals surface area contributed by atoms with Crippen LogP contribution in [0.3, 0.4) is 0 Å². The summed E-state index contributed by atoms with van der Waals surface area (Å²) in [6.07, 6.45) is -11.9. The average Bonchev–Trinajstić information content (AvgIpc) is 2.42. The molecule has 0 radical (unpaired) electrons. The van der Waals surface area contributed by atoms with Gasteiger partial charge in [-0.1, -0.05) is 0 Å². The average molecular weight is 258 g/mol. The molecule has 10 heteroatoms. The fourth-order valence-electron chi connectivity index (χ4n) is 0.894. The lowest BCUT2D eigenvalue weighted by Crippen LogP contribution is -2.54. The van der Waals surface area contributed by atoms with E-state index in [9.17, 15) is 35.1 Å². The Morgan fingerprint density at radius 3 is 1.38 bits per heavy atom. The number of alkyl halides is 6. The summed E-state index contributed by atoms with van der Waals surface area (Å²) >= 11 is 0. The molecule has 0 spiro atoms. The van der Waals surface area contributed by atoms with Crippen LogP contribution >= 0.6 is 0 Å². The maximum atomic E-state index is 13.0. The first-order valence-corrected chi connectivity index (χ1v) is 3.52. The van der Waals surface area contributed by atoms with Gasteiger partial charge in [0.15, 0.2) is 0 Å². The zero-order valence-corrected chi connectivity index (χ0v) is 6.99. The minimum atomic E-state index is -4.99. The molecular formula is C6H2F8O2. The van der Waals surface area contributed by atoms with Crippen LogP contribution in [0.5, 0.6) is 0 Å². The zero-order valence-electron chi connectivity index (χ0n) is 6.99. The number of halogens is 8. The van der Waals surface area contributed by atoms with E-state index in [1.54, 1.807) is 0 Å². The molecule has 1 heterocycles. The molecule has 2 unspecified atom stereocenters. The molecule has 1 fully saturated rings. The molecule has 0 aromatic carbocycles. The molecule has 0 bridgehead atoms. The molecule has 0 aromatic rings. The van der Waals surface area contributed by atoms with Gasteiger partial charge in [0.25, 0.3) is 0 Å². The highest BCUT2D eigenvalue weighted by molar-refractivity contribution is 5.05. The molecule has 2 nitrogen and oxygen atoms in total. The quantitative estimate of drug-likeness (QED) is 0.709. The van der Waals surface area contributed by atoms with E-state index in [0.717, 1.165) is 0 Å². The minimum Gasteiger partial charge on any atom is -0.412 e. The SMILES string of the molecule is FC(F)=C1OC(F)(C(F)F)C(F)(C(F)F)O1. The van der Waals surface area contributed by atoms with E-state index in [2.05, 4.69) is 9.47 Å². The molecule has 0 aromatic heterocycles. The van der Waals surface area contributed by atoms with Gasteiger partial charge >= 0.3 is 36.6 Å². The third kappa shape index (κ3) is 1.55. The van der Waals surface area contributed by atoms with E-state index in [1.165, 1.54) is 0 Å². The molecule has 0 aliphatic carbocycles. The van der Waals surface area contributed by atoms with Gasteiger partial charge in [0.2, 0.25) is 0 Å². The van der Waals surface area contributed by atoms with E-state index in [0.29, 0.717) is 0 Å². The summed E-state index contributed by atoms with van der Waals surface area (Å²) in [4.78, 5) is 0. The van der Waals surface area contributed by atoms with Gasteiger partial charge in [-0.05, 0) is 0 Å². The van der Waals surface area contributed by atoms with Gasteiger partial charge in [0, 0.05) is 0 Å². The van der Waals surface area contributed by atoms with Gasteiger partial charge in [-0.25, -0.2) is 17.6 Å². The summed E-state index contributed by atoms with van der Waals surface area (Å²) in [5.74, 6) is -12.3. The van der Waals surface area contributed by atoms with Crippen molar-refractivity contribution in [1.29, 1.82) is 0 Å². The molecule has 1 rings (SSSR count). The number of rotatable bonds is 2. The number of hydrogen-bond acceptors (Lipinski definition) is 2. The monoisotopic (exact) mass is 258 g/mol. The van der Waals surface area contributed by atoms with E-state index in [4.69, 9.17) is 0 Å². The van der Waals surface area contributed by atoms with Crippen molar-refractivity contribution in [3.63, 3.8) is 0 Å². The van der Waals surface area contributed by atoms with Gasteiger partial charge in [-0.15, -0.1) is 0 Å². The molecule has 1 saturated heterocycles. The summed E-state index contributed by atoms with van der Waals surface area (Å²) < 4.78 is 104. The molecule has 0 N–H and O–H groups in total. The maximum absolute atomic E-state index is 13.0. The Balaban J connectivity index is 3.22. The fourth-order valence-corrected chi connectivity index (χ4v) is 0.894. The van der Waals surface area contributed by atoms with E-state index < -0.39 is 36.6 Å². The van der Waals surface area contributed by atoms with Crippen molar-refractivity contribution in [2.24, 2.45) is 0 Å². The third-order valence-electron chi connectivity index (χ3n) is 1.66. The number of ether oxygens (including phenoxy) is 2. The Kier molecular flexibility index (Phi) is 2.94. The van der Waals surface area contributed by atoms with Crippen LogP contribution in [-0.4, -0.2) is 24.6 Å². The Bertz CT molecular complexity index is 290. The van der Waals surface area contributed by atoms with Crippen molar-refractivity contribution in [1.82, 2.24) is 0 Å². The van der Waals surface area contributed by atoms with Crippen LogP contribution in [0.4, 0.5) is 35.1 Å². The third-order valence-corrected chi connectivity index (χ3v) is 1.66. The molecule has 16 heavy (non-hydrogen) atoms. The van der Waals surface area contributed by atoms with E-state index in [1.807, 2.05) is 0 Å². The Hall–Kier alpha value is -1.22. The second-order valence-electron chi connectivity index (χ2n) is 2.64. The highest BCUT2D eigenvalue weighted by atomic mass is 19.3. The van der Waals surface area contributed by atoms with Crippen LogP contribution in [-0.2, 0) is 9.47 Å². The standard InChI is InChI=1S/C6H2F8O2/c7-1(8)2-15-5(13,3(9)10)6(14,16-2)4(11)12/h3-4H. The first-order chi connectivity index (χ1) is 7.15. The van der Waals surface area contributed by atoms with Crippen LogP contribution in [0.2, 0.25) is 0 Å². The van der Waals surface area contributed by atoms with Gasteiger partial charge in [-0.3, -0.25) is 0 Å². The Labute approximate surface area is 82.4 Å². The smallest absolute Gasteiger partial charge is 0.387 e. The van der Waals surface area contributed by atoms with Gasteiger partial charge < -0.3 is 9.47 Å². The molecule has 94 valence electrons. The molecular weight excluding hydrogens is 256 g/mol. The summed E-state index contributed by atoms with van der Waals surface area (Å²) in [6, 6.07) is 0. The highest BCUT2D eigenvalue weighted by Crippen LogP contribution is 2.51. The molecule has 1 aliphatic rings. The Morgan fingerprint density at radius 1 is 0.875 bits per heavy atom. The summed E-state index contributed by atoms with van der Waals surface area (Å²) in [5.41, 5.74) is 0. The van der Waals surface area contributed by atoms with Gasteiger partial charge in [0.05, 0.1) is 0 Å². The summed E-state index contributed by atoms with van der Waals surface area (Å²) in [6.45, 7) is 0. The molecule has 0 amide bonds. The van der Waals surface area contributed by atoms with Crippen LogP contribution in [0.1, 0.15) is 0 Å². The van der Waals surface area contributed by atoms with E-state index in [-0.39, 0.29) is 0 Å². The van der Waals surface area contributed by atoms with Crippen molar-refractivity contribution in [2.45, 2.75) is 24.6 Å². The lowest BCUT2D eigenvalue weighted by molar-refractivity contribution is -0.307. The van der Waals surface area contributed by atoms with E-state index >= 15 is 0 Å². The first-order valence-electron chi connectivity index (χ1n) is 3.52. The predicted molar refractivity (Wildman–Crippen MR) is 31.1 cm³/mol. The summed E-state index contributed by atoms with van der Waals surface area (Å²) in [5, 5.41) is 0. The second-order valence-corrected chi connectivity index (χ2v) is 2.64. The van der Waals surface area contributed by atoms with Crippen LogP contribution < -0.4 is 0 Å². The Morgan fingerprint density at radius 2 is 1.19 bits per heavy atom. The van der Waals surface area contributed by atoms with Crippen molar-refractivity contribution in [3.8, 4) is 0 Å². The lowest BCUT2D eigenvalue weighted by Gasteiger charge is -2.26. The minimum absolute atomic E-state index is 2.33. The van der Waals surface area contributed by atoms with Crippen LogP contribution in [0, 0.1) is 0 Å². The van der Waals surface area contributed by atoms with Crippen molar-refractivity contribution >= 4 is 0 Å². The second kappa shape index (κ2) is 3.67.